The second-order valence-electron chi connectivity index (χ2n) is 10.1. The lowest BCUT2D eigenvalue weighted by atomic mass is 9.96. The zero-order valence-corrected chi connectivity index (χ0v) is 22.6. The molecule has 2 aromatic carbocycles. The zero-order valence-electron chi connectivity index (χ0n) is 22.6. The van der Waals surface area contributed by atoms with Gasteiger partial charge in [0.25, 0.3) is 5.91 Å². The molecule has 8 heteroatoms. The van der Waals surface area contributed by atoms with Gasteiger partial charge in [-0.15, -0.1) is 0 Å². The number of hydrogen-bond acceptors (Lipinski definition) is 5. The third-order valence-corrected chi connectivity index (χ3v) is 5.75. The van der Waals surface area contributed by atoms with E-state index < -0.39 is 35.6 Å². The van der Waals surface area contributed by atoms with Gasteiger partial charge in [0, 0.05) is 12.2 Å². The number of carbonyl (C=O) groups is 3. The molecule has 0 aromatic heterocycles. The number of anilines is 1. The number of amides is 3. The van der Waals surface area contributed by atoms with Crippen molar-refractivity contribution in [3.8, 4) is 0 Å². The van der Waals surface area contributed by atoms with Crippen LogP contribution in [0.5, 0.6) is 0 Å². The molecule has 3 N–H and O–H groups in total. The molecule has 0 fully saturated rings. The van der Waals surface area contributed by atoms with Crippen molar-refractivity contribution >= 4 is 23.6 Å². The normalized spacial score (nSPS) is 12.9. The molecule has 196 valence electrons. The molecule has 2 rings (SSSR count). The monoisotopic (exact) mass is 497 g/mol. The topological polar surface area (TPSA) is 108 Å². The number of nitrogens with one attached hydrogen (secondary N) is 2. The fourth-order valence-corrected chi connectivity index (χ4v) is 3.98. The highest BCUT2D eigenvalue weighted by atomic mass is 16.6. The van der Waals surface area contributed by atoms with E-state index in [1.165, 1.54) is 11.8 Å². The van der Waals surface area contributed by atoms with Crippen molar-refractivity contribution < 1.29 is 24.2 Å². The molecule has 0 saturated carbocycles. The van der Waals surface area contributed by atoms with E-state index in [1.807, 2.05) is 64.1 Å². The molecule has 0 aliphatic heterocycles. The largest absolute Gasteiger partial charge is 0.444 e. The van der Waals surface area contributed by atoms with Gasteiger partial charge in [0.15, 0.2) is 0 Å². The zero-order chi connectivity index (χ0) is 27.2. The minimum Gasteiger partial charge on any atom is -0.444 e. The lowest BCUT2D eigenvalue weighted by Crippen LogP contribution is -2.52. The van der Waals surface area contributed by atoms with Crippen LogP contribution in [0.15, 0.2) is 36.4 Å². The van der Waals surface area contributed by atoms with Crippen molar-refractivity contribution in [1.82, 2.24) is 10.2 Å². The third-order valence-electron chi connectivity index (χ3n) is 5.75. The quantitative estimate of drug-likeness (QED) is 0.503. The van der Waals surface area contributed by atoms with Crippen molar-refractivity contribution in [3.63, 3.8) is 0 Å². The van der Waals surface area contributed by atoms with E-state index in [0.29, 0.717) is 11.3 Å². The first-order chi connectivity index (χ1) is 16.7. The first kappa shape index (κ1) is 28.8. The number of rotatable bonds is 8. The van der Waals surface area contributed by atoms with Crippen LogP contribution in [0.3, 0.4) is 0 Å². The highest BCUT2D eigenvalue weighted by Gasteiger charge is 2.35. The van der Waals surface area contributed by atoms with Crippen molar-refractivity contribution in [2.24, 2.45) is 0 Å². The molecule has 0 spiro atoms. The van der Waals surface area contributed by atoms with Crippen LogP contribution in [-0.2, 0) is 14.3 Å². The minimum atomic E-state index is -1.04. The van der Waals surface area contributed by atoms with Crippen LogP contribution in [0.1, 0.15) is 61.6 Å². The summed E-state index contributed by atoms with van der Waals surface area (Å²) in [7, 11) is 0. The fraction of sp³-hybridized carbons (Fsp3) is 0.464. The van der Waals surface area contributed by atoms with Gasteiger partial charge in [0.2, 0.25) is 5.91 Å². The number of carbonyl (C=O) groups excluding carboxylic acids is 3. The van der Waals surface area contributed by atoms with Crippen LogP contribution in [0.25, 0.3) is 0 Å². The summed E-state index contributed by atoms with van der Waals surface area (Å²) in [5, 5.41) is 15.4. The fourth-order valence-electron chi connectivity index (χ4n) is 3.98. The number of aliphatic hydroxyl groups excluding tert-OH is 1. The standard InChI is InChI=1S/C28H39N3O5/c1-17-12-13-18(2)22(16-17)24(25(33)30-23-19(3)10-9-11-20(23)4)31(14-15-32)26(34)21(5)29-27(35)36-28(6,7)8/h9-13,16,21,24,32H,14-15H2,1-8H3,(H,29,35)(H,30,33). The van der Waals surface area contributed by atoms with Gasteiger partial charge in [-0.1, -0.05) is 42.0 Å². The van der Waals surface area contributed by atoms with Crippen LogP contribution in [0, 0.1) is 27.7 Å². The van der Waals surface area contributed by atoms with Crippen LogP contribution >= 0.6 is 0 Å². The molecular formula is C28H39N3O5. The number of hydrogen-bond donors (Lipinski definition) is 3. The second-order valence-corrected chi connectivity index (χ2v) is 10.1. The van der Waals surface area contributed by atoms with E-state index in [9.17, 15) is 19.5 Å². The Balaban J connectivity index is 2.50. The SMILES string of the molecule is Cc1ccc(C)c(C(C(=O)Nc2c(C)cccc2C)N(CCO)C(=O)C(C)NC(=O)OC(C)(C)C)c1. The predicted molar refractivity (Wildman–Crippen MR) is 141 cm³/mol. The van der Waals surface area contributed by atoms with E-state index in [2.05, 4.69) is 10.6 Å². The number of aryl methyl sites for hydroxylation is 4. The first-order valence-corrected chi connectivity index (χ1v) is 12.1. The molecule has 2 aromatic rings. The Morgan fingerprint density at radius 3 is 2.17 bits per heavy atom. The Kier molecular flexibility index (Phi) is 9.64. The van der Waals surface area contributed by atoms with Gasteiger partial charge in [0.05, 0.1) is 6.61 Å². The van der Waals surface area contributed by atoms with E-state index in [1.54, 1.807) is 20.8 Å². The Hall–Kier alpha value is -3.39. The average Bonchev–Trinajstić information content (AvgIpc) is 2.76. The van der Waals surface area contributed by atoms with Gasteiger partial charge in [-0.05, 0) is 77.6 Å². The Bertz CT molecular complexity index is 1090. The number of benzene rings is 2. The van der Waals surface area contributed by atoms with Crippen LogP contribution in [-0.4, -0.2) is 52.7 Å². The summed E-state index contributed by atoms with van der Waals surface area (Å²) in [6, 6.07) is 9.39. The lowest BCUT2D eigenvalue weighted by Gasteiger charge is -2.34. The first-order valence-electron chi connectivity index (χ1n) is 12.1. The van der Waals surface area contributed by atoms with Crippen molar-refractivity contribution in [2.75, 3.05) is 18.5 Å². The second kappa shape index (κ2) is 12.0. The molecular weight excluding hydrogens is 458 g/mol. The van der Waals surface area contributed by atoms with E-state index in [4.69, 9.17) is 4.74 Å². The molecule has 0 saturated heterocycles. The summed E-state index contributed by atoms with van der Waals surface area (Å²) < 4.78 is 5.28. The Morgan fingerprint density at radius 2 is 1.61 bits per heavy atom. The molecule has 2 unspecified atom stereocenters. The molecule has 0 aliphatic rings. The minimum absolute atomic E-state index is 0.0998. The van der Waals surface area contributed by atoms with Crippen molar-refractivity contribution in [1.29, 1.82) is 0 Å². The molecule has 8 nitrogen and oxygen atoms in total. The van der Waals surface area contributed by atoms with Gasteiger partial charge in [-0.25, -0.2) is 4.79 Å². The summed E-state index contributed by atoms with van der Waals surface area (Å²) in [5.41, 5.74) is 4.12. The number of ether oxygens (including phenoxy) is 1. The smallest absolute Gasteiger partial charge is 0.408 e. The van der Waals surface area contributed by atoms with E-state index in [-0.39, 0.29) is 13.2 Å². The van der Waals surface area contributed by atoms with Crippen LogP contribution in [0.2, 0.25) is 0 Å². The van der Waals surface area contributed by atoms with E-state index in [0.717, 1.165) is 22.3 Å². The molecule has 0 bridgehead atoms. The maximum atomic E-state index is 13.8. The maximum absolute atomic E-state index is 13.8. The molecule has 0 radical (unpaired) electrons. The van der Waals surface area contributed by atoms with Gasteiger partial charge < -0.3 is 25.4 Å². The van der Waals surface area contributed by atoms with Crippen LogP contribution in [0.4, 0.5) is 10.5 Å². The maximum Gasteiger partial charge on any atom is 0.408 e. The van der Waals surface area contributed by atoms with Gasteiger partial charge in [-0.2, -0.15) is 0 Å². The Morgan fingerprint density at radius 1 is 1.00 bits per heavy atom. The number of nitrogens with zero attached hydrogens (tertiary/aromatic N) is 1. The van der Waals surface area contributed by atoms with Gasteiger partial charge in [0.1, 0.15) is 17.7 Å². The summed E-state index contributed by atoms with van der Waals surface area (Å²) in [6.45, 7) is 13.8. The molecule has 36 heavy (non-hydrogen) atoms. The molecule has 2 atom stereocenters. The summed E-state index contributed by atoms with van der Waals surface area (Å²) >= 11 is 0. The number of aliphatic hydroxyl groups is 1. The van der Waals surface area contributed by atoms with Crippen molar-refractivity contribution in [3.05, 3.63) is 64.2 Å². The third kappa shape index (κ3) is 7.55. The van der Waals surface area contributed by atoms with Crippen molar-refractivity contribution in [2.45, 2.75) is 73.1 Å². The summed E-state index contributed by atoms with van der Waals surface area (Å²) in [4.78, 5) is 41.1. The van der Waals surface area contributed by atoms with Gasteiger partial charge >= 0.3 is 6.09 Å². The number of para-hydroxylation sites is 1. The summed E-state index contributed by atoms with van der Waals surface area (Å²) in [5.74, 6) is -0.926. The lowest BCUT2D eigenvalue weighted by molar-refractivity contribution is -0.141. The number of alkyl carbamates (subject to hydrolysis) is 1. The highest BCUT2D eigenvalue weighted by molar-refractivity contribution is 6.00. The highest BCUT2D eigenvalue weighted by Crippen LogP contribution is 2.29. The average molecular weight is 498 g/mol. The van der Waals surface area contributed by atoms with Crippen LogP contribution < -0.4 is 10.6 Å². The Labute approximate surface area is 214 Å². The van der Waals surface area contributed by atoms with E-state index >= 15 is 0 Å². The molecule has 0 aliphatic carbocycles. The summed E-state index contributed by atoms with van der Waals surface area (Å²) in [6.07, 6.45) is -0.740. The van der Waals surface area contributed by atoms with Gasteiger partial charge in [-0.3, -0.25) is 9.59 Å². The predicted octanol–water partition coefficient (Wildman–Crippen LogP) is 4.33. The molecule has 0 heterocycles. The molecule has 3 amide bonds.